The first-order valence-electron chi connectivity index (χ1n) is 7.92. The second kappa shape index (κ2) is 7.11. The quantitative estimate of drug-likeness (QED) is 0.825. The summed E-state index contributed by atoms with van der Waals surface area (Å²) >= 11 is 0. The minimum Gasteiger partial charge on any atom is -0.484 e. The predicted molar refractivity (Wildman–Crippen MR) is 97.3 cm³/mol. The first-order chi connectivity index (χ1) is 11.9. The highest BCUT2D eigenvalue weighted by Crippen LogP contribution is 2.23. The van der Waals surface area contributed by atoms with E-state index in [0.29, 0.717) is 11.4 Å². The number of nitrogens with zero attached hydrogens (tertiary/aromatic N) is 1. The van der Waals surface area contributed by atoms with E-state index in [1.807, 2.05) is 49.4 Å². The number of para-hydroxylation sites is 1. The van der Waals surface area contributed by atoms with Crippen LogP contribution in [-0.4, -0.2) is 32.7 Å². The Morgan fingerprint density at radius 2 is 1.80 bits per heavy atom. The zero-order chi connectivity index (χ0) is 17.9. The number of hydrogen-bond donors (Lipinski definition) is 0. The fourth-order valence-corrected chi connectivity index (χ4v) is 3.95. The summed E-state index contributed by atoms with van der Waals surface area (Å²) in [7, 11) is -3.27. The molecule has 0 N–H and O–H groups in total. The molecule has 1 unspecified atom stereocenters. The van der Waals surface area contributed by atoms with E-state index in [1.54, 1.807) is 18.2 Å². The van der Waals surface area contributed by atoms with Crippen molar-refractivity contribution in [1.29, 1.82) is 0 Å². The Labute approximate surface area is 147 Å². The van der Waals surface area contributed by atoms with E-state index in [-0.39, 0.29) is 18.3 Å². The maximum absolute atomic E-state index is 12.8. The van der Waals surface area contributed by atoms with Crippen molar-refractivity contribution in [3.63, 3.8) is 0 Å². The van der Waals surface area contributed by atoms with Gasteiger partial charge in [-0.05, 0) is 37.3 Å². The molecule has 1 aliphatic rings. The van der Waals surface area contributed by atoms with Crippen LogP contribution in [0.15, 0.2) is 66.1 Å². The van der Waals surface area contributed by atoms with Gasteiger partial charge in [-0.25, -0.2) is 8.42 Å². The maximum Gasteiger partial charge on any atom is 0.265 e. The summed E-state index contributed by atoms with van der Waals surface area (Å²) in [6.45, 7) is 1.79. The van der Waals surface area contributed by atoms with Gasteiger partial charge in [0, 0.05) is 11.1 Å². The second-order valence-electron chi connectivity index (χ2n) is 5.93. The Morgan fingerprint density at radius 3 is 2.40 bits per heavy atom. The van der Waals surface area contributed by atoms with Crippen molar-refractivity contribution in [3.8, 4) is 5.75 Å². The maximum atomic E-state index is 12.8. The SMILES string of the molecule is Cc1ccc(N(C(=O)COc2ccccc2)C2C=CS(=O)(=O)C2)cc1. The lowest BCUT2D eigenvalue weighted by atomic mass is 10.1. The molecule has 0 fully saturated rings. The standard InChI is InChI=1S/C19H19NO4S/c1-15-7-9-16(10-8-15)20(17-11-12-25(22,23)14-17)19(21)13-24-18-5-3-2-4-6-18/h2-12,17H,13-14H2,1H3. The summed E-state index contributed by atoms with van der Waals surface area (Å²) < 4.78 is 29.1. The molecule has 6 heteroatoms. The van der Waals surface area contributed by atoms with E-state index in [9.17, 15) is 13.2 Å². The highest BCUT2D eigenvalue weighted by atomic mass is 32.2. The Balaban J connectivity index is 1.82. The first-order valence-corrected chi connectivity index (χ1v) is 9.64. The lowest BCUT2D eigenvalue weighted by Gasteiger charge is -2.27. The fraction of sp³-hybridized carbons (Fsp3) is 0.211. The van der Waals surface area contributed by atoms with Gasteiger partial charge in [-0.15, -0.1) is 0 Å². The molecular formula is C19H19NO4S. The van der Waals surface area contributed by atoms with Gasteiger partial charge in [-0.2, -0.15) is 0 Å². The smallest absolute Gasteiger partial charge is 0.265 e. The number of ether oxygens (including phenoxy) is 1. The predicted octanol–water partition coefficient (Wildman–Crippen LogP) is 2.72. The number of anilines is 1. The molecule has 0 saturated heterocycles. The van der Waals surface area contributed by atoms with Gasteiger partial charge in [-0.1, -0.05) is 35.9 Å². The summed E-state index contributed by atoms with van der Waals surface area (Å²) in [6, 6.07) is 15.9. The third-order valence-corrected chi connectivity index (χ3v) is 5.31. The molecule has 25 heavy (non-hydrogen) atoms. The molecule has 1 aliphatic heterocycles. The molecule has 0 bridgehead atoms. The van der Waals surface area contributed by atoms with Crippen LogP contribution in [0.4, 0.5) is 5.69 Å². The molecule has 5 nitrogen and oxygen atoms in total. The highest BCUT2D eigenvalue weighted by molar-refractivity contribution is 7.94. The molecule has 2 aromatic rings. The molecule has 0 aromatic heterocycles. The first kappa shape index (κ1) is 17.2. The van der Waals surface area contributed by atoms with Crippen molar-refractivity contribution >= 4 is 21.4 Å². The molecule has 1 atom stereocenters. The molecule has 130 valence electrons. The van der Waals surface area contributed by atoms with E-state index in [4.69, 9.17) is 4.74 Å². The van der Waals surface area contributed by atoms with Gasteiger partial charge in [0.05, 0.1) is 11.8 Å². The molecule has 2 aromatic carbocycles. The minimum absolute atomic E-state index is 0.113. The van der Waals surface area contributed by atoms with Crippen LogP contribution in [-0.2, 0) is 14.6 Å². The van der Waals surface area contributed by atoms with Gasteiger partial charge in [0.15, 0.2) is 16.4 Å². The molecule has 0 radical (unpaired) electrons. The molecule has 0 saturated carbocycles. The van der Waals surface area contributed by atoms with Crippen LogP contribution >= 0.6 is 0 Å². The Bertz CT molecular complexity index is 873. The highest BCUT2D eigenvalue weighted by Gasteiger charge is 2.31. The van der Waals surface area contributed by atoms with Gasteiger partial charge in [0.25, 0.3) is 5.91 Å². The lowest BCUT2D eigenvalue weighted by molar-refractivity contribution is -0.120. The van der Waals surface area contributed by atoms with Gasteiger partial charge in [0.2, 0.25) is 0 Å². The average molecular weight is 357 g/mol. The lowest BCUT2D eigenvalue weighted by Crippen LogP contribution is -2.43. The molecule has 3 rings (SSSR count). The van der Waals surface area contributed by atoms with Crippen LogP contribution in [0.3, 0.4) is 0 Å². The van der Waals surface area contributed by atoms with E-state index < -0.39 is 15.9 Å². The van der Waals surface area contributed by atoms with Crippen LogP contribution in [0.5, 0.6) is 5.75 Å². The minimum atomic E-state index is -3.27. The van der Waals surface area contributed by atoms with Crippen LogP contribution in [0.1, 0.15) is 5.56 Å². The van der Waals surface area contributed by atoms with Gasteiger partial charge in [-0.3, -0.25) is 4.79 Å². The number of sulfone groups is 1. The number of benzene rings is 2. The Morgan fingerprint density at radius 1 is 1.12 bits per heavy atom. The zero-order valence-electron chi connectivity index (χ0n) is 13.8. The summed E-state index contributed by atoms with van der Waals surface area (Å²) in [5.74, 6) is 0.187. The third kappa shape index (κ3) is 4.28. The topological polar surface area (TPSA) is 63.7 Å². The number of rotatable bonds is 5. The van der Waals surface area contributed by atoms with Crippen LogP contribution in [0.25, 0.3) is 0 Å². The van der Waals surface area contributed by atoms with Crippen LogP contribution < -0.4 is 9.64 Å². The number of amides is 1. The monoisotopic (exact) mass is 357 g/mol. The molecule has 0 aliphatic carbocycles. The third-order valence-electron chi connectivity index (χ3n) is 3.93. The van der Waals surface area contributed by atoms with Gasteiger partial charge >= 0.3 is 0 Å². The number of carbonyl (C=O) groups excluding carboxylic acids is 1. The van der Waals surface area contributed by atoms with Gasteiger partial charge in [0.1, 0.15) is 5.75 Å². The van der Waals surface area contributed by atoms with E-state index >= 15 is 0 Å². The molecular weight excluding hydrogens is 338 g/mol. The second-order valence-corrected chi connectivity index (χ2v) is 7.86. The summed E-state index contributed by atoms with van der Waals surface area (Å²) in [5.41, 5.74) is 1.71. The summed E-state index contributed by atoms with van der Waals surface area (Å²) in [5, 5.41) is 1.17. The number of carbonyl (C=O) groups is 1. The molecule has 0 spiro atoms. The largest absolute Gasteiger partial charge is 0.484 e. The normalized spacial score (nSPS) is 18.0. The van der Waals surface area contributed by atoms with Crippen molar-refractivity contribution in [2.45, 2.75) is 13.0 Å². The average Bonchev–Trinajstić information content (AvgIpc) is 2.95. The summed E-state index contributed by atoms with van der Waals surface area (Å²) in [6.07, 6.45) is 1.55. The van der Waals surface area contributed by atoms with E-state index in [2.05, 4.69) is 0 Å². The Hall–Kier alpha value is -2.60. The molecule has 1 heterocycles. The zero-order valence-corrected chi connectivity index (χ0v) is 14.6. The van der Waals surface area contributed by atoms with Crippen molar-refractivity contribution in [2.24, 2.45) is 0 Å². The van der Waals surface area contributed by atoms with Gasteiger partial charge < -0.3 is 9.64 Å². The van der Waals surface area contributed by atoms with Crippen molar-refractivity contribution < 1.29 is 17.9 Å². The summed E-state index contributed by atoms with van der Waals surface area (Å²) in [4.78, 5) is 14.3. The van der Waals surface area contributed by atoms with E-state index in [1.165, 1.54) is 10.3 Å². The van der Waals surface area contributed by atoms with E-state index in [0.717, 1.165) is 5.56 Å². The van der Waals surface area contributed by atoms with Crippen molar-refractivity contribution in [2.75, 3.05) is 17.3 Å². The Kier molecular flexibility index (Phi) is 4.90. The molecule has 1 amide bonds. The number of hydrogen-bond acceptors (Lipinski definition) is 4. The van der Waals surface area contributed by atoms with Crippen LogP contribution in [0, 0.1) is 6.92 Å². The van der Waals surface area contributed by atoms with Crippen molar-refractivity contribution in [3.05, 3.63) is 71.6 Å². The van der Waals surface area contributed by atoms with Crippen LogP contribution in [0.2, 0.25) is 0 Å². The fourth-order valence-electron chi connectivity index (χ4n) is 2.68. The van der Waals surface area contributed by atoms with Crippen molar-refractivity contribution in [1.82, 2.24) is 0 Å². The number of aryl methyl sites for hydroxylation is 1.